The van der Waals surface area contributed by atoms with Crippen molar-refractivity contribution in [3.63, 3.8) is 0 Å². The van der Waals surface area contributed by atoms with E-state index in [0.29, 0.717) is 28.6 Å². The van der Waals surface area contributed by atoms with Gasteiger partial charge in [-0.25, -0.2) is 5.43 Å². The zero-order valence-corrected chi connectivity index (χ0v) is 24.1. The van der Waals surface area contributed by atoms with Crippen molar-refractivity contribution < 1.29 is 33.4 Å². The molecule has 42 heavy (non-hydrogen) atoms. The van der Waals surface area contributed by atoms with Crippen molar-refractivity contribution in [1.82, 2.24) is 16.2 Å². The molecule has 3 N–H and O–H groups in total. The number of ether oxygens (including phenoxy) is 2. The first-order valence-corrected chi connectivity index (χ1v) is 14.0. The van der Waals surface area contributed by atoms with Gasteiger partial charge in [-0.05, 0) is 41.4 Å². The fourth-order valence-corrected chi connectivity index (χ4v) is 4.31. The Hall–Kier alpha value is -4.48. The maximum Gasteiger partial charge on any atom is 0.306 e. The van der Waals surface area contributed by atoms with Crippen LogP contribution in [0.15, 0.2) is 84.9 Å². The molecule has 0 radical (unpaired) electrons. The van der Waals surface area contributed by atoms with Gasteiger partial charge in [-0.1, -0.05) is 79.7 Å². The van der Waals surface area contributed by atoms with Crippen LogP contribution in [0.1, 0.15) is 34.8 Å². The van der Waals surface area contributed by atoms with Crippen molar-refractivity contribution in [1.29, 1.82) is 0 Å². The predicted molar refractivity (Wildman–Crippen MR) is 158 cm³/mol. The number of likely N-dealkylation sites (N-methyl/N-ethyl adjacent to an activating group) is 1. The highest BCUT2D eigenvalue weighted by Gasteiger charge is 2.25. The Balaban J connectivity index is 1.49. The quantitative estimate of drug-likeness (QED) is 0.190. The molecule has 10 nitrogen and oxygen atoms in total. The van der Waals surface area contributed by atoms with Crippen LogP contribution in [-0.2, 0) is 36.9 Å². The van der Waals surface area contributed by atoms with Crippen LogP contribution in [0, 0.1) is 5.92 Å². The van der Waals surface area contributed by atoms with Gasteiger partial charge in [0.1, 0.15) is 12.4 Å². The Morgan fingerprint density at radius 2 is 1.48 bits per heavy atom. The number of amides is 2. The molecule has 0 aromatic heterocycles. The van der Waals surface area contributed by atoms with Crippen molar-refractivity contribution in [2.45, 2.75) is 32.4 Å². The van der Waals surface area contributed by atoms with Gasteiger partial charge < -0.3 is 14.8 Å². The summed E-state index contributed by atoms with van der Waals surface area (Å²) in [6.45, 7) is 1.46. The van der Waals surface area contributed by atoms with Gasteiger partial charge in [-0.15, -0.1) is 0 Å². The molecule has 0 aliphatic carbocycles. The van der Waals surface area contributed by atoms with Crippen LogP contribution in [0.2, 0.25) is 0 Å². The Kier molecular flexibility index (Phi) is 12.7. The van der Waals surface area contributed by atoms with Crippen LogP contribution >= 0.6 is 11.8 Å². The average Bonchev–Trinajstić information content (AvgIpc) is 3.01. The summed E-state index contributed by atoms with van der Waals surface area (Å²) in [7, 11) is 1.52. The lowest BCUT2D eigenvalue weighted by atomic mass is 10.1. The molecule has 0 saturated carbocycles. The van der Waals surface area contributed by atoms with E-state index in [1.807, 2.05) is 30.3 Å². The predicted octanol–water partition coefficient (Wildman–Crippen LogP) is 3.21. The van der Waals surface area contributed by atoms with Gasteiger partial charge in [0.15, 0.2) is 6.61 Å². The van der Waals surface area contributed by atoms with Crippen molar-refractivity contribution in [3.8, 4) is 5.75 Å². The van der Waals surface area contributed by atoms with E-state index in [1.165, 1.54) is 7.05 Å². The fourth-order valence-electron chi connectivity index (χ4n) is 3.59. The Labute approximate surface area is 248 Å². The van der Waals surface area contributed by atoms with Crippen molar-refractivity contribution >= 4 is 39.8 Å². The molecule has 0 fully saturated rings. The summed E-state index contributed by atoms with van der Waals surface area (Å²) in [4.78, 5) is 62.0. The molecule has 0 heterocycles. The topological polar surface area (TPSA) is 140 Å². The van der Waals surface area contributed by atoms with Crippen LogP contribution in [0.4, 0.5) is 0 Å². The highest BCUT2D eigenvalue weighted by molar-refractivity contribution is 8.26. The van der Waals surface area contributed by atoms with Gasteiger partial charge >= 0.3 is 5.97 Å². The normalized spacial score (nSPS) is 12.0. The molecule has 3 aromatic rings. The number of benzene rings is 3. The van der Waals surface area contributed by atoms with Gasteiger partial charge in [0.25, 0.3) is 5.91 Å². The number of hydrogen-bond donors (Lipinski definition) is 3. The zero-order chi connectivity index (χ0) is 30.3. The van der Waals surface area contributed by atoms with Gasteiger partial charge in [0.05, 0.1) is 12.5 Å². The van der Waals surface area contributed by atoms with Crippen LogP contribution in [-0.4, -0.2) is 47.7 Å². The monoisotopic (exact) mass is 591 g/mol. The maximum absolute atomic E-state index is 13.0. The van der Waals surface area contributed by atoms with Crippen LogP contribution in [0.25, 0.3) is 0 Å². The van der Waals surface area contributed by atoms with Crippen LogP contribution < -0.4 is 20.9 Å². The summed E-state index contributed by atoms with van der Waals surface area (Å²) in [6.07, 6.45) is 0.0560. The molecule has 220 valence electrons. The molecular formula is C31H33N3O7S. The van der Waals surface area contributed by atoms with Gasteiger partial charge in [-0.3, -0.25) is 29.4 Å². The number of carbonyl (C=O) groups is 5. The van der Waals surface area contributed by atoms with E-state index in [1.54, 1.807) is 61.5 Å². The third-order valence-electron chi connectivity index (χ3n) is 6.03. The van der Waals surface area contributed by atoms with E-state index >= 15 is 0 Å². The number of esters is 1. The molecule has 0 aliphatic heterocycles. The molecule has 3 rings (SSSR count). The SMILES string of the molecule is CNC(=O)COc1ccc(COC(=O)CC(C)C(=O)NN[C@H](Cc2ccccc2)C(=O)SC(=O)c2ccccc2)cc1. The summed E-state index contributed by atoms with van der Waals surface area (Å²) >= 11 is 0.570. The number of thioether (sulfide) groups is 1. The number of hydrazine groups is 1. The molecule has 3 aromatic carbocycles. The van der Waals surface area contributed by atoms with Crippen molar-refractivity contribution in [2.24, 2.45) is 5.92 Å². The van der Waals surface area contributed by atoms with Gasteiger partial charge in [0, 0.05) is 18.5 Å². The van der Waals surface area contributed by atoms with E-state index in [4.69, 9.17) is 9.47 Å². The Bertz CT molecular complexity index is 1350. The first-order chi connectivity index (χ1) is 20.2. The average molecular weight is 592 g/mol. The number of carbonyl (C=O) groups excluding carboxylic acids is 5. The van der Waals surface area contributed by atoms with Crippen LogP contribution in [0.5, 0.6) is 5.75 Å². The lowest BCUT2D eigenvalue weighted by molar-refractivity contribution is -0.148. The van der Waals surface area contributed by atoms with Crippen molar-refractivity contribution in [3.05, 3.63) is 102 Å². The minimum absolute atomic E-state index is 0.00145. The molecule has 0 saturated heterocycles. The number of rotatable bonds is 14. The molecule has 2 amide bonds. The van der Waals surface area contributed by atoms with Crippen LogP contribution in [0.3, 0.4) is 0 Å². The second kappa shape index (κ2) is 16.7. The lowest BCUT2D eigenvalue weighted by Gasteiger charge is -2.19. The van der Waals surface area contributed by atoms with E-state index in [-0.39, 0.29) is 32.0 Å². The first-order valence-electron chi connectivity index (χ1n) is 13.2. The minimum atomic E-state index is -0.892. The zero-order valence-electron chi connectivity index (χ0n) is 23.3. The summed E-state index contributed by atoms with van der Waals surface area (Å²) in [5, 5.41) is 1.61. The summed E-state index contributed by atoms with van der Waals surface area (Å²) in [6, 6.07) is 23.5. The summed E-state index contributed by atoms with van der Waals surface area (Å²) < 4.78 is 10.6. The van der Waals surface area contributed by atoms with Gasteiger partial charge in [-0.2, -0.15) is 0 Å². The third kappa shape index (κ3) is 10.8. The standard InChI is InChI=1S/C31H33N3O7S/c1-21(17-28(36)41-19-23-13-15-25(16-14-23)40-20-27(35)32-2)29(37)34-33-26(18-22-9-5-3-6-10-22)31(39)42-30(38)24-11-7-4-8-12-24/h3-16,21,26,33H,17-20H2,1-2H3,(H,32,35)(H,34,37)/t21?,26-/m1/s1. The smallest absolute Gasteiger partial charge is 0.306 e. The molecular weight excluding hydrogens is 558 g/mol. The summed E-state index contributed by atoms with van der Waals surface area (Å²) in [5.74, 6) is -1.58. The molecule has 0 aliphatic rings. The highest BCUT2D eigenvalue weighted by Crippen LogP contribution is 2.17. The van der Waals surface area contributed by atoms with E-state index in [9.17, 15) is 24.0 Å². The highest BCUT2D eigenvalue weighted by atomic mass is 32.2. The lowest BCUT2D eigenvalue weighted by Crippen LogP contribution is -2.50. The Morgan fingerprint density at radius 3 is 2.12 bits per heavy atom. The first kappa shape index (κ1) is 32.0. The molecule has 0 bridgehead atoms. The molecule has 1 unspecified atom stereocenters. The maximum atomic E-state index is 13.0. The number of nitrogens with one attached hydrogen (secondary N) is 3. The van der Waals surface area contributed by atoms with E-state index in [2.05, 4.69) is 16.2 Å². The molecule has 0 spiro atoms. The Morgan fingerprint density at radius 1 is 0.833 bits per heavy atom. The fraction of sp³-hybridized carbons (Fsp3) is 0.258. The number of hydrogen-bond acceptors (Lipinski definition) is 9. The molecule has 11 heteroatoms. The largest absolute Gasteiger partial charge is 0.484 e. The summed E-state index contributed by atoms with van der Waals surface area (Å²) in [5.41, 5.74) is 7.22. The third-order valence-corrected chi connectivity index (χ3v) is 6.94. The molecule has 2 atom stereocenters. The second-order valence-electron chi connectivity index (χ2n) is 9.32. The van der Waals surface area contributed by atoms with Crippen molar-refractivity contribution in [2.75, 3.05) is 13.7 Å². The van der Waals surface area contributed by atoms with E-state index < -0.39 is 34.1 Å². The van der Waals surface area contributed by atoms with Gasteiger partial charge in [0.2, 0.25) is 16.1 Å². The second-order valence-corrected chi connectivity index (χ2v) is 10.3. The minimum Gasteiger partial charge on any atom is -0.484 e. The van der Waals surface area contributed by atoms with E-state index in [0.717, 1.165) is 5.56 Å².